The van der Waals surface area contributed by atoms with Gasteiger partial charge in [0.15, 0.2) is 11.5 Å². The first kappa shape index (κ1) is 17.6. The number of carbonyl (C=O) groups is 2. The number of thiophene rings is 1. The first-order chi connectivity index (χ1) is 14.1. The van der Waals surface area contributed by atoms with Crippen molar-refractivity contribution in [2.24, 2.45) is 0 Å². The number of benzene rings is 1. The van der Waals surface area contributed by atoms with Crippen LogP contribution in [0.2, 0.25) is 0 Å². The summed E-state index contributed by atoms with van der Waals surface area (Å²) in [7, 11) is 0. The van der Waals surface area contributed by atoms with E-state index in [2.05, 4.69) is 0 Å². The Balaban J connectivity index is 1.62. The number of rotatable bonds is 4. The van der Waals surface area contributed by atoms with E-state index in [1.54, 1.807) is 24.3 Å². The second-order valence-corrected chi connectivity index (χ2v) is 7.66. The van der Waals surface area contributed by atoms with E-state index in [0.717, 1.165) is 4.88 Å². The van der Waals surface area contributed by atoms with E-state index in [0.29, 0.717) is 22.6 Å². The van der Waals surface area contributed by atoms with E-state index >= 15 is 0 Å². The number of furan rings is 1. The summed E-state index contributed by atoms with van der Waals surface area (Å²) in [6, 6.07) is 9.60. The normalized spacial score (nSPS) is 19.9. The number of fused-ring (bicyclic) bond motifs is 1. The third kappa shape index (κ3) is 2.89. The molecule has 1 fully saturated rings. The van der Waals surface area contributed by atoms with Crippen LogP contribution in [-0.2, 0) is 16.1 Å². The van der Waals surface area contributed by atoms with Crippen molar-refractivity contribution in [2.45, 2.75) is 12.6 Å². The number of aliphatic hydroxyl groups is 1. The third-order valence-electron chi connectivity index (χ3n) is 4.95. The molecule has 3 aromatic rings. The molecule has 4 heterocycles. The van der Waals surface area contributed by atoms with E-state index in [1.807, 2.05) is 17.5 Å². The summed E-state index contributed by atoms with van der Waals surface area (Å²) in [5.74, 6) is -0.621. The van der Waals surface area contributed by atoms with E-state index < -0.39 is 17.7 Å². The third-order valence-corrected chi connectivity index (χ3v) is 5.81. The van der Waals surface area contributed by atoms with Crippen LogP contribution in [0.25, 0.3) is 5.76 Å². The van der Waals surface area contributed by atoms with E-state index in [-0.39, 0.29) is 24.7 Å². The predicted octanol–water partition coefficient (Wildman–Crippen LogP) is 3.69. The molecule has 1 atom stereocenters. The number of ether oxygens (including phenoxy) is 2. The van der Waals surface area contributed by atoms with Gasteiger partial charge in [0, 0.05) is 16.0 Å². The van der Waals surface area contributed by atoms with Gasteiger partial charge in [0.05, 0.1) is 30.7 Å². The maximum atomic E-state index is 12.9. The van der Waals surface area contributed by atoms with Crippen LogP contribution in [0, 0.1) is 0 Å². The molecule has 146 valence electrons. The highest BCUT2D eigenvalue weighted by atomic mass is 32.1. The fourth-order valence-electron chi connectivity index (χ4n) is 3.59. The number of carbonyl (C=O) groups excluding carboxylic acids is 2. The lowest BCUT2D eigenvalue weighted by Gasteiger charge is -2.23. The largest absolute Gasteiger partial charge is 0.507 e. The first-order valence-electron chi connectivity index (χ1n) is 8.86. The molecule has 2 aliphatic heterocycles. The molecule has 29 heavy (non-hydrogen) atoms. The van der Waals surface area contributed by atoms with Gasteiger partial charge in [-0.1, -0.05) is 6.07 Å². The molecule has 8 heteroatoms. The predicted molar refractivity (Wildman–Crippen MR) is 103 cm³/mol. The summed E-state index contributed by atoms with van der Waals surface area (Å²) in [5, 5.41) is 12.9. The number of aliphatic hydroxyl groups excluding tert-OH is 1. The molecular weight excluding hydrogens is 394 g/mol. The molecule has 1 unspecified atom stereocenters. The van der Waals surface area contributed by atoms with Crippen LogP contribution >= 0.6 is 11.3 Å². The molecule has 2 aromatic heterocycles. The van der Waals surface area contributed by atoms with Crippen LogP contribution in [0.4, 0.5) is 0 Å². The Labute approximate surface area is 169 Å². The summed E-state index contributed by atoms with van der Waals surface area (Å²) in [6.45, 7) is 0.357. The highest BCUT2D eigenvalue weighted by molar-refractivity contribution is 7.09. The van der Waals surface area contributed by atoms with Gasteiger partial charge in [-0.25, -0.2) is 0 Å². The first-order valence-corrected chi connectivity index (χ1v) is 9.74. The zero-order valence-corrected chi connectivity index (χ0v) is 15.8. The molecule has 7 nitrogen and oxygen atoms in total. The van der Waals surface area contributed by atoms with Gasteiger partial charge in [-0.3, -0.25) is 9.59 Å². The van der Waals surface area contributed by atoms with Crippen molar-refractivity contribution in [3.8, 4) is 11.5 Å². The number of hydrogen-bond donors (Lipinski definition) is 1. The van der Waals surface area contributed by atoms with Gasteiger partial charge >= 0.3 is 0 Å². The molecule has 0 bridgehead atoms. The Kier molecular flexibility index (Phi) is 4.13. The van der Waals surface area contributed by atoms with E-state index in [9.17, 15) is 14.7 Å². The van der Waals surface area contributed by atoms with Crippen molar-refractivity contribution in [1.29, 1.82) is 0 Å². The molecular formula is C21H15NO6S. The molecule has 2 aliphatic rings. The van der Waals surface area contributed by atoms with Crippen molar-refractivity contribution in [2.75, 3.05) is 6.79 Å². The van der Waals surface area contributed by atoms with Crippen LogP contribution in [0.15, 0.2) is 64.3 Å². The van der Waals surface area contributed by atoms with Gasteiger partial charge in [0.2, 0.25) is 6.79 Å². The number of nitrogens with zero attached hydrogens (tertiary/aromatic N) is 1. The Bertz CT molecular complexity index is 1120. The fraction of sp³-hybridized carbons (Fsp3) is 0.143. The van der Waals surface area contributed by atoms with Crippen LogP contribution in [0.5, 0.6) is 11.5 Å². The second-order valence-electron chi connectivity index (χ2n) is 6.63. The molecule has 1 N–H and O–H groups in total. The summed E-state index contributed by atoms with van der Waals surface area (Å²) >= 11 is 1.49. The molecule has 0 radical (unpaired) electrons. The lowest BCUT2D eigenvalue weighted by molar-refractivity contribution is -0.140. The van der Waals surface area contributed by atoms with Gasteiger partial charge in [0.1, 0.15) is 5.76 Å². The summed E-state index contributed by atoms with van der Waals surface area (Å²) in [5.41, 5.74) is 1.01. The summed E-state index contributed by atoms with van der Waals surface area (Å²) in [6.07, 6.45) is 2.95. The molecule has 1 aromatic carbocycles. The van der Waals surface area contributed by atoms with Crippen molar-refractivity contribution >= 4 is 28.8 Å². The van der Waals surface area contributed by atoms with Crippen LogP contribution in [0.1, 0.15) is 22.0 Å². The van der Waals surface area contributed by atoms with Gasteiger partial charge in [-0.15, -0.1) is 11.3 Å². The lowest BCUT2D eigenvalue weighted by atomic mass is 9.97. The molecule has 0 spiro atoms. The smallest absolute Gasteiger partial charge is 0.295 e. The van der Waals surface area contributed by atoms with Gasteiger partial charge < -0.3 is 23.9 Å². The quantitative estimate of drug-likeness (QED) is 0.402. The summed E-state index contributed by atoms with van der Waals surface area (Å²) < 4.78 is 15.8. The average Bonchev–Trinajstić information content (AvgIpc) is 3.51. The SMILES string of the molecule is O=C1C(=O)N(Cc2cccs2)C(c2ccoc2)/C1=C(\O)c1ccc2c(c1)OCO2. The van der Waals surface area contributed by atoms with E-state index in [1.165, 1.54) is 28.8 Å². The topological polar surface area (TPSA) is 89.2 Å². The highest BCUT2D eigenvalue weighted by Crippen LogP contribution is 2.42. The minimum Gasteiger partial charge on any atom is -0.507 e. The number of ketones is 1. The Morgan fingerprint density at radius 2 is 2.03 bits per heavy atom. The molecule has 1 amide bonds. The van der Waals surface area contributed by atoms with Crippen LogP contribution < -0.4 is 9.47 Å². The monoisotopic (exact) mass is 409 g/mol. The Morgan fingerprint density at radius 3 is 2.79 bits per heavy atom. The number of hydrogen-bond acceptors (Lipinski definition) is 7. The fourth-order valence-corrected chi connectivity index (χ4v) is 4.29. The maximum Gasteiger partial charge on any atom is 0.295 e. The second kappa shape index (κ2) is 6.82. The molecule has 0 saturated carbocycles. The number of amides is 1. The van der Waals surface area contributed by atoms with Crippen LogP contribution in [0.3, 0.4) is 0 Å². The highest BCUT2D eigenvalue weighted by Gasteiger charge is 2.46. The van der Waals surface area contributed by atoms with Crippen molar-refractivity contribution in [3.63, 3.8) is 0 Å². The van der Waals surface area contributed by atoms with Gasteiger partial charge in [-0.2, -0.15) is 0 Å². The minimum atomic E-state index is -0.749. The minimum absolute atomic E-state index is 0.0202. The average molecular weight is 409 g/mol. The van der Waals surface area contributed by atoms with Gasteiger partial charge in [-0.05, 0) is 35.7 Å². The van der Waals surface area contributed by atoms with Gasteiger partial charge in [0.25, 0.3) is 11.7 Å². The molecule has 5 rings (SSSR count). The zero-order valence-electron chi connectivity index (χ0n) is 15.0. The Hall–Kier alpha value is -3.52. The van der Waals surface area contributed by atoms with Crippen molar-refractivity contribution < 1.29 is 28.6 Å². The van der Waals surface area contributed by atoms with Crippen LogP contribution in [-0.4, -0.2) is 28.5 Å². The standard InChI is InChI=1S/C21H15NO6S/c23-19(12-3-4-15-16(8-12)28-11-27-15)17-18(13-5-6-26-10-13)22(21(25)20(17)24)9-14-2-1-7-29-14/h1-8,10,18,23H,9,11H2/b19-17+. The van der Waals surface area contributed by atoms with Crippen molar-refractivity contribution in [3.05, 3.63) is 75.9 Å². The Morgan fingerprint density at radius 1 is 1.17 bits per heavy atom. The number of likely N-dealkylation sites (tertiary alicyclic amines) is 1. The lowest BCUT2D eigenvalue weighted by Crippen LogP contribution is -2.28. The molecule has 0 aliphatic carbocycles. The van der Waals surface area contributed by atoms with E-state index in [4.69, 9.17) is 13.9 Å². The maximum absolute atomic E-state index is 12.9. The summed E-state index contributed by atoms with van der Waals surface area (Å²) in [4.78, 5) is 28.1. The zero-order chi connectivity index (χ0) is 20.0. The molecule has 1 saturated heterocycles. The number of Topliss-reactive ketones (excluding diaryl/α,β-unsaturated/α-hetero) is 1. The van der Waals surface area contributed by atoms with Crippen molar-refractivity contribution in [1.82, 2.24) is 4.90 Å².